The minimum Gasteiger partial charge on any atom is -0.357 e. The van der Waals surface area contributed by atoms with Crippen molar-refractivity contribution in [2.24, 2.45) is 0 Å². The van der Waals surface area contributed by atoms with Gasteiger partial charge in [0, 0.05) is 49.9 Å². The summed E-state index contributed by atoms with van der Waals surface area (Å²) >= 11 is 0. The van der Waals surface area contributed by atoms with Gasteiger partial charge in [0.1, 0.15) is 5.82 Å². The van der Waals surface area contributed by atoms with Crippen LogP contribution in [0.5, 0.6) is 0 Å². The number of aromatic nitrogens is 1. The summed E-state index contributed by atoms with van der Waals surface area (Å²) in [5, 5.41) is 1.06. The second kappa shape index (κ2) is 6.55. The first kappa shape index (κ1) is 15.6. The van der Waals surface area contributed by atoms with E-state index >= 15 is 0 Å². The molecule has 2 saturated heterocycles. The van der Waals surface area contributed by atoms with Gasteiger partial charge in [-0.3, -0.25) is 9.69 Å². The minimum absolute atomic E-state index is 0.206. The monoisotopic (exact) mass is 329 g/mol. The Labute approximate surface area is 141 Å². The van der Waals surface area contributed by atoms with Crippen LogP contribution in [0.2, 0.25) is 0 Å². The van der Waals surface area contributed by atoms with E-state index in [2.05, 4.69) is 20.9 Å². The number of rotatable bonds is 3. The number of nitrogens with one attached hydrogen (secondary N) is 1. The molecule has 3 heterocycles. The fourth-order valence-corrected chi connectivity index (χ4v) is 4.09. The molecule has 0 spiro atoms. The lowest BCUT2D eigenvalue weighted by molar-refractivity contribution is -0.136. The molecule has 0 radical (unpaired) electrons. The zero-order valence-corrected chi connectivity index (χ0v) is 13.9. The van der Waals surface area contributed by atoms with E-state index in [1.54, 1.807) is 6.07 Å². The van der Waals surface area contributed by atoms with Crippen molar-refractivity contribution in [3.05, 3.63) is 35.8 Å². The molecule has 2 aromatic rings. The Morgan fingerprint density at radius 2 is 1.96 bits per heavy atom. The van der Waals surface area contributed by atoms with Crippen LogP contribution in [0, 0.1) is 5.82 Å². The molecule has 2 aliphatic heterocycles. The van der Waals surface area contributed by atoms with E-state index in [9.17, 15) is 9.18 Å². The van der Waals surface area contributed by atoms with Crippen LogP contribution < -0.4 is 0 Å². The van der Waals surface area contributed by atoms with E-state index in [1.807, 2.05) is 6.07 Å². The molecule has 2 aliphatic rings. The Balaban J connectivity index is 1.36. The van der Waals surface area contributed by atoms with Gasteiger partial charge < -0.3 is 9.88 Å². The zero-order valence-electron chi connectivity index (χ0n) is 13.9. The zero-order chi connectivity index (χ0) is 16.5. The lowest BCUT2D eigenvalue weighted by Crippen LogP contribution is -2.48. The Bertz CT molecular complexity index is 733. The van der Waals surface area contributed by atoms with Crippen molar-refractivity contribution in [2.75, 3.05) is 19.6 Å². The van der Waals surface area contributed by atoms with E-state index in [4.69, 9.17) is 0 Å². The van der Waals surface area contributed by atoms with Crippen LogP contribution in [0.4, 0.5) is 4.39 Å². The van der Waals surface area contributed by atoms with Crippen LogP contribution in [0.1, 0.15) is 37.8 Å². The van der Waals surface area contributed by atoms with Crippen LogP contribution in [-0.2, 0) is 11.3 Å². The highest BCUT2D eigenvalue weighted by molar-refractivity contribution is 5.80. The molecule has 128 valence electrons. The number of H-pyrrole nitrogens is 1. The van der Waals surface area contributed by atoms with Gasteiger partial charge in [0.15, 0.2) is 0 Å². The number of halogens is 1. The number of likely N-dealkylation sites (tertiary alicyclic amines) is 2. The first-order valence-electron chi connectivity index (χ1n) is 8.98. The van der Waals surface area contributed by atoms with E-state index in [1.165, 1.54) is 6.07 Å². The molecule has 24 heavy (non-hydrogen) atoms. The third kappa shape index (κ3) is 3.18. The number of piperidine rings is 2. The molecule has 2 fully saturated rings. The van der Waals surface area contributed by atoms with Gasteiger partial charge in [-0.2, -0.15) is 0 Å². The molecule has 0 atom stereocenters. The van der Waals surface area contributed by atoms with Crippen molar-refractivity contribution in [3.63, 3.8) is 0 Å². The molecule has 1 amide bonds. The van der Waals surface area contributed by atoms with Crippen molar-refractivity contribution in [3.8, 4) is 0 Å². The Morgan fingerprint density at radius 3 is 2.75 bits per heavy atom. The summed E-state index contributed by atoms with van der Waals surface area (Å²) in [6.07, 6.45) is 5.04. The Morgan fingerprint density at radius 1 is 1.12 bits per heavy atom. The maximum atomic E-state index is 13.3. The summed E-state index contributed by atoms with van der Waals surface area (Å²) in [7, 11) is 0. The number of aromatic amines is 1. The lowest BCUT2D eigenvalue weighted by atomic mass is 9.99. The molecule has 0 aliphatic carbocycles. The highest BCUT2D eigenvalue weighted by Gasteiger charge is 2.29. The number of fused-ring (bicyclic) bond motifs is 1. The van der Waals surface area contributed by atoms with Crippen LogP contribution in [0.15, 0.2) is 24.3 Å². The molecule has 1 aromatic carbocycles. The van der Waals surface area contributed by atoms with Crippen molar-refractivity contribution in [2.45, 2.75) is 44.7 Å². The summed E-state index contributed by atoms with van der Waals surface area (Å²) in [5.74, 6) is 0.139. The number of hydrogen-bond acceptors (Lipinski definition) is 2. The molecule has 1 N–H and O–H groups in total. The second-order valence-electron chi connectivity index (χ2n) is 7.08. The molecule has 5 heteroatoms. The predicted octanol–water partition coefficient (Wildman–Crippen LogP) is 3.28. The summed E-state index contributed by atoms with van der Waals surface area (Å²) in [6.45, 7) is 3.82. The number of carbonyl (C=O) groups is 1. The number of benzene rings is 1. The van der Waals surface area contributed by atoms with Crippen LogP contribution in [-0.4, -0.2) is 46.4 Å². The second-order valence-corrected chi connectivity index (χ2v) is 7.08. The van der Waals surface area contributed by atoms with Crippen LogP contribution in [0.25, 0.3) is 10.9 Å². The summed E-state index contributed by atoms with van der Waals surface area (Å²) in [6, 6.07) is 7.40. The number of nitrogens with zero attached hydrogens (tertiary/aromatic N) is 2. The van der Waals surface area contributed by atoms with E-state index in [0.29, 0.717) is 11.9 Å². The summed E-state index contributed by atoms with van der Waals surface area (Å²) < 4.78 is 13.3. The van der Waals surface area contributed by atoms with Gasteiger partial charge in [0.2, 0.25) is 5.91 Å². The van der Waals surface area contributed by atoms with E-state index in [-0.39, 0.29) is 5.82 Å². The molecule has 4 nitrogen and oxygen atoms in total. The SMILES string of the molecule is O=C1CCCCN1C1CCN(Cc2cc3ccc(F)cc3[nH]2)CC1. The normalized spacial score (nSPS) is 20.9. The van der Waals surface area contributed by atoms with Crippen LogP contribution >= 0.6 is 0 Å². The van der Waals surface area contributed by atoms with Gasteiger partial charge in [0.25, 0.3) is 0 Å². The van der Waals surface area contributed by atoms with Gasteiger partial charge in [-0.1, -0.05) is 0 Å². The smallest absolute Gasteiger partial charge is 0.222 e. The fraction of sp³-hybridized carbons (Fsp3) is 0.526. The van der Waals surface area contributed by atoms with Gasteiger partial charge in [-0.05, 0) is 55.3 Å². The Kier molecular flexibility index (Phi) is 4.27. The van der Waals surface area contributed by atoms with Crippen LogP contribution in [0.3, 0.4) is 0 Å². The lowest BCUT2D eigenvalue weighted by Gasteiger charge is -2.40. The van der Waals surface area contributed by atoms with Gasteiger partial charge in [0.05, 0.1) is 0 Å². The van der Waals surface area contributed by atoms with Gasteiger partial charge in [-0.25, -0.2) is 4.39 Å². The standard InChI is InChI=1S/C19H24FN3O/c20-15-5-4-14-11-16(21-18(14)12-15)13-22-9-6-17(7-10-22)23-8-2-1-3-19(23)24/h4-5,11-12,17,21H,1-3,6-10,13H2. The fourth-order valence-electron chi connectivity index (χ4n) is 4.09. The maximum absolute atomic E-state index is 13.3. The van der Waals surface area contributed by atoms with E-state index < -0.39 is 0 Å². The quantitative estimate of drug-likeness (QED) is 0.938. The maximum Gasteiger partial charge on any atom is 0.222 e. The molecular weight excluding hydrogens is 305 g/mol. The van der Waals surface area contributed by atoms with Crippen molar-refractivity contribution < 1.29 is 9.18 Å². The third-order valence-corrected chi connectivity index (χ3v) is 5.39. The predicted molar refractivity (Wildman–Crippen MR) is 92.1 cm³/mol. The summed E-state index contributed by atoms with van der Waals surface area (Å²) in [4.78, 5) is 19.9. The largest absolute Gasteiger partial charge is 0.357 e. The number of carbonyl (C=O) groups excluding carboxylic acids is 1. The van der Waals surface area contributed by atoms with E-state index in [0.717, 1.165) is 74.9 Å². The third-order valence-electron chi connectivity index (χ3n) is 5.39. The number of amides is 1. The molecule has 0 saturated carbocycles. The highest BCUT2D eigenvalue weighted by atomic mass is 19.1. The van der Waals surface area contributed by atoms with Gasteiger partial charge >= 0.3 is 0 Å². The Hall–Kier alpha value is -1.88. The topological polar surface area (TPSA) is 39.3 Å². The first-order chi connectivity index (χ1) is 11.7. The minimum atomic E-state index is -0.206. The number of hydrogen-bond donors (Lipinski definition) is 1. The molecule has 0 bridgehead atoms. The van der Waals surface area contributed by atoms with Gasteiger partial charge in [-0.15, -0.1) is 0 Å². The highest BCUT2D eigenvalue weighted by Crippen LogP contribution is 2.23. The molecule has 4 rings (SSSR count). The average Bonchev–Trinajstić information content (AvgIpc) is 2.97. The van der Waals surface area contributed by atoms with Crippen molar-refractivity contribution >= 4 is 16.8 Å². The summed E-state index contributed by atoms with van der Waals surface area (Å²) in [5.41, 5.74) is 1.99. The molecule has 0 unspecified atom stereocenters. The molecule has 1 aromatic heterocycles. The molecular formula is C19H24FN3O. The van der Waals surface area contributed by atoms with Crippen molar-refractivity contribution in [1.82, 2.24) is 14.8 Å². The van der Waals surface area contributed by atoms with Crippen molar-refractivity contribution in [1.29, 1.82) is 0 Å². The average molecular weight is 329 g/mol. The first-order valence-corrected chi connectivity index (χ1v) is 8.98.